The average Bonchev–Trinajstić information content (AvgIpc) is 2.99. The fourth-order valence-electron chi connectivity index (χ4n) is 3.55. The summed E-state index contributed by atoms with van der Waals surface area (Å²) in [4.78, 5) is 0. The zero-order valence-corrected chi connectivity index (χ0v) is 12.3. The van der Waals surface area contributed by atoms with Gasteiger partial charge in [0.25, 0.3) is 0 Å². The van der Waals surface area contributed by atoms with Crippen molar-refractivity contribution in [3.05, 3.63) is 29.3 Å². The number of methoxy groups -OCH3 is 1. The molecule has 0 spiro atoms. The van der Waals surface area contributed by atoms with Crippen molar-refractivity contribution >= 4 is 0 Å². The van der Waals surface area contributed by atoms with Crippen LogP contribution in [0.3, 0.4) is 0 Å². The molecule has 0 aromatic heterocycles. The van der Waals surface area contributed by atoms with Crippen LogP contribution in [0.2, 0.25) is 0 Å². The van der Waals surface area contributed by atoms with Crippen LogP contribution in [0.1, 0.15) is 49.3 Å². The number of benzene rings is 1. The Hall–Kier alpha value is -1.06. The molecule has 2 atom stereocenters. The largest absolute Gasteiger partial charge is 0.497 e. The molecule has 2 N–H and O–H groups in total. The maximum Gasteiger partial charge on any atom is 0.119 e. The molecule has 3 nitrogen and oxygen atoms in total. The Morgan fingerprint density at radius 1 is 1.20 bits per heavy atom. The van der Waals surface area contributed by atoms with Crippen LogP contribution in [0.15, 0.2) is 18.2 Å². The zero-order chi connectivity index (χ0) is 13.9. The second-order valence-electron chi connectivity index (χ2n) is 6.15. The molecule has 0 saturated heterocycles. The number of hydrogen-bond donors (Lipinski definition) is 1. The highest BCUT2D eigenvalue weighted by atomic mass is 16.5. The van der Waals surface area contributed by atoms with Crippen LogP contribution in [0.5, 0.6) is 5.75 Å². The van der Waals surface area contributed by atoms with E-state index in [4.69, 9.17) is 15.2 Å². The third-order valence-corrected chi connectivity index (χ3v) is 4.83. The number of hydrogen-bond acceptors (Lipinski definition) is 3. The predicted molar refractivity (Wildman–Crippen MR) is 79.9 cm³/mol. The number of ether oxygens (including phenoxy) is 2. The molecule has 0 radical (unpaired) electrons. The van der Waals surface area contributed by atoms with Gasteiger partial charge in [0.05, 0.1) is 19.3 Å². The Kier molecular flexibility index (Phi) is 4.27. The first-order chi connectivity index (χ1) is 9.78. The molecule has 0 bridgehead atoms. The summed E-state index contributed by atoms with van der Waals surface area (Å²) in [5.41, 5.74) is 8.95. The van der Waals surface area contributed by atoms with E-state index in [1.807, 2.05) is 6.07 Å². The second-order valence-corrected chi connectivity index (χ2v) is 6.15. The van der Waals surface area contributed by atoms with Gasteiger partial charge < -0.3 is 15.2 Å². The summed E-state index contributed by atoms with van der Waals surface area (Å²) in [5.74, 6) is 1.68. The number of aryl methyl sites for hydroxylation is 1. The highest BCUT2D eigenvalue weighted by Crippen LogP contribution is 2.33. The Morgan fingerprint density at radius 2 is 2.00 bits per heavy atom. The van der Waals surface area contributed by atoms with Crippen molar-refractivity contribution in [2.75, 3.05) is 13.7 Å². The van der Waals surface area contributed by atoms with Crippen LogP contribution < -0.4 is 10.5 Å². The molecule has 1 fully saturated rings. The van der Waals surface area contributed by atoms with Gasteiger partial charge in [0.15, 0.2) is 0 Å². The van der Waals surface area contributed by atoms with E-state index in [1.54, 1.807) is 7.11 Å². The van der Waals surface area contributed by atoms with Crippen molar-refractivity contribution in [1.82, 2.24) is 0 Å². The quantitative estimate of drug-likeness (QED) is 0.917. The lowest BCUT2D eigenvalue weighted by Gasteiger charge is -2.32. The highest BCUT2D eigenvalue weighted by Gasteiger charge is 2.28. The predicted octanol–water partition coefficient (Wildman–Crippen LogP) is 3.22. The minimum Gasteiger partial charge on any atom is -0.497 e. The summed E-state index contributed by atoms with van der Waals surface area (Å²) in [7, 11) is 1.71. The van der Waals surface area contributed by atoms with Crippen molar-refractivity contribution < 1.29 is 9.47 Å². The lowest BCUT2D eigenvalue weighted by Crippen LogP contribution is -2.34. The van der Waals surface area contributed by atoms with Gasteiger partial charge in [-0.05, 0) is 54.9 Å². The molecule has 1 saturated carbocycles. The molecule has 2 aliphatic carbocycles. The van der Waals surface area contributed by atoms with Crippen LogP contribution in [0.4, 0.5) is 0 Å². The van der Waals surface area contributed by atoms with Crippen LogP contribution in [-0.4, -0.2) is 19.8 Å². The van der Waals surface area contributed by atoms with E-state index >= 15 is 0 Å². The van der Waals surface area contributed by atoms with E-state index in [1.165, 1.54) is 36.8 Å². The van der Waals surface area contributed by atoms with Crippen molar-refractivity contribution in [3.63, 3.8) is 0 Å². The molecular formula is C17H25NO2. The van der Waals surface area contributed by atoms with Crippen molar-refractivity contribution in [1.29, 1.82) is 0 Å². The Balaban J connectivity index is 1.64. The normalized spacial score (nSPS) is 26.5. The summed E-state index contributed by atoms with van der Waals surface area (Å²) < 4.78 is 11.4. The SMILES string of the molecule is COc1ccc2c(c1)CCC(OCC1CCCC1)C2N. The van der Waals surface area contributed by atoms with E-state index in [0.717, 1.165) is 31.1 Å². The van der Waals surface area contributed by atoms with Gasteiger partial charge in [-0.3, -0.25) is 0 Å². The van der Waals surface area contributed by atoms with Crippen molar-refractivity contribution in [2.45, 2.75) is 50.7 Å². The fourth-order valence-corrected chi connectivity index (χ4v) is 3.55. The first-order valence-corrected chi connectivity index (χ1v) is 7.82. The number of fused-ring (bicyclic) bond motifs is 1. The minimum atomic E-state index is 0.00561. The third kappa shape index (κ3) is 2.84. The molecule has 20 heavy (non-hydrogen) atoms. The number of nitrogens with two attached hydrogens (primary N) is 1. The topological polar surface area (TPSA) is 44.5 Å². The Morgan fingerprint density at radius 3 is 2.75 bits per heavy atom. The standard InChI is InChI=1S/C17H25NO2/c1-19-14-7-8-15-13(10-14)6-9-16(17(15)18)20-11-12-4-2-3-5-12/h7-8,10,12,16-17H,2-6,9,11,18H2,1H3. The molecule has 0 aliphatic heterocycles. The zero-order valence-electron chi connectivity index (χ0n) is 12.3. The summed E-state index contributed by atoms with van der Waals surface area (Å²) in [6.07, 6.45) is 7.63. The van der Waals surface area contributed by atoms with Gasteiger partial charge in [0, 0.05) is 6.61 Å². The summed E-state index contributed by atoms with van der Waals surface area (Å²) in [6.45, 7) is 0.893. The van der Waals surface area contributed by atoms with E-state index in [-0.39, 0.29) is 12.1 Å². The maximum absolute atomic E-state index is 6.40. The molecule has 3 rings (SSSR count). The molecule has 2 aliphatic rings. The molecule has 3 heteroatoms. The molecule has 1 aromatic rings. The number of rotatable bonds is 4. The van der Waals surface area contributed by atoms with Gasteiger partial charge in [0.2, 0.25) is 0 Å². The molecule has 0 heterocycles. The van der Waals surface area contributed by atoms with Crippen molar-refractivity contribution in [3.8, 4) is 5.75 Å². The Labute approximate surface area is 121 Å². The van der Waals surface area contributed by atoms with Gasteiger partial charge in [-0.2, -0.15) is 0 Å². The van der Waals surface area contributed by atoms with Gasteiger partial charge in [-0.1, -0.05) is 18.9 Å². The average molecular weight is 275 g/mol. The lowest BCUT2D eigenvalue weighted by molar-refractivity contribution is 0.00574. The van der Waals surface area contributed by atoms with Gasteiger partial charge >= 0.3 is 0 Å². The molecular weight excluding hydrogens is 250 g/mol. The smallest absolute Gasteiger partial charge is 0.119 e. The first-order valence-electron chi connectivity index (χ1n) is 7.82. The van der Waals surface area contributed by atoms with Crippen LogP contribution in [-0.2, 0) is 11.2 Å². The van der Waals surface area contributed by atoms with Crippen LogP contribution in [0.25, 0.3) is 0 Å². The third-order valence-electron chi connectivity index (χ3n) is 4.83. The summed E-state index contributed by atoms with van der Waals surface area (Å²) in [6, 6.07) is 6.22. The Bertz CT molecular complexity index is 454. The fraction of sp³-hybridized carbons (Fsp3) is 0.647. The molecule has 110 valence electrons. The van der Waals surface area contributed by atoms with Gasteiger partial charge in [-0.15, -0.1) is 0 Å². The van der Waals surface area contributed by atoms with Crippen molar-refractivity contribution in [2.24, 2.45) is 11.7 Å². The van der Waals surface area contributed by atoms with Gasteiger partial charge in [-0.25, -0.2) is 0 Å². The lowest BCUT2D eigenvalue weighted by atomic mass is 9.86. The summed E-state index contributed by atoms with van der Waals surface area (Å²) in [5, 5.41) is 0. The minimum absolute atomic E-state index is 0.00561. The van der Waals surface area contributed by atoms with E-state index in [9.17, 15) is 0 Å². The van der Waals surface area contributed by atoms with Gasteiger partial charge in [0.1, 0.15) is 5.75 Å². The first kappa shape index (κ1) is 13.9. The van der Waals surface area contributed by atoms with E-state index in [0.29, 0.717) is 0 Å². The highest BCUT2D eigenvalue weighted by molar-refractivity contribution is 5.39. The monoisotopic (exact) mass is 275 g/mol. The van der Waals surface area contributed by atoms with E-state index < -0.39 is 0 Å². The molecule has 0 amide bonds. The van der Waals surface area contributed by atoms with Crippen LogP contribution in [0, 0.1) is 5.92 Å². The maximum atomic E-state index is 6.40. The van der Waals surface area contributed by atoms with E-state index in [2.05, 4.69) is 12.1 Å². The molecule has 2 unspecified atom stereocenters. The summed E-state index contributed by atoms with van der Waals surface area (Å²) >= 11 is 0. The molecule has 1 aromatic carbocycles. The second kappa shape index (κ2) is 6.15. The van der Waals surface area contributed by atoms with Crippen LogP contribution >= 0.6 is 0 Å².